The molecule has 0 aliphatic rings. The van der Waals surface area contributed by atoms with Crippen molar-refractivity contribution in [2.24, 2.45) is 0 Å². The van der Waals surface area contributed by atoms with Crippen molar-refractivity contribution in [1.82, 2.24) is 0 Å². The van der Waals surface area contributed by atoms with E-state index >= 15 is 0 Å². The fraction of sp³-hybridized carbons (Fsp3) is 0. The maximum atomic E-state index is 0. The van der Waals surface area contributed by atoms with Gasteiger partial charge in [-0.15, -0.1) is 0 Å². The maximum absolute atomic E-state index is 0. The molecule has 0 aliphatic carbocycles. The third-order valence-corrected chi connectivity index (χ3v) is 0. The molecule has 5 heavy (non-hydrogen) atoms. The first-order valence-corrected chi connectivity index (χ1v) is 0. The Morgan fingerprint density at radius 1 is 0.600 bits per heavy atom. The molecule has 5 heteroatoms. The molecule has 0 fully saturated rings. The van der Waals surface area contributed by atoms with Gasteiger partial charge in [-0.25, -0.2) is 0 Å². The second-order valence-corrected chi connectivity index (χ2v) is 0. The minimum Gasteiger partial charge on any atom is -1.00 e. The summed E-state index contributed by atoms with van der Waals surface area (Å²) in [5.74, 6) is 0. The van der Waals surface area contributed by atoms with Crippen LogP contribution in [0.2, 0.25) is 0 Å². The van der Waals surface area contributed by atoms with Gasteiger partial charge in [-0.1, -0.05) is 0 Å². The van der Waals surface area contributed by atoms with Gasteiger partial charge in [0.05, 0.1) is 0 Å². The predicted molar refractivity (Wildman–Crippen MR) is 0 cm³/mol. The van der Waals surface area contributed by atoms with Crippen LogP contribution in [-0.2, 0) is 34.1 Å². The summed E-state index contributed by atoms with van der Waals surface area (Å²) in [6.45, 7) is 0. The molecule has 0 aliphatic heterocycles. The van der Waals surface area contributed by atoms with E-state index in [4.69, 9.17) is 0 Å². The molecular weight excluding hydrogens is 233 g/mol. The largest absolute Gasteiger partial charge is 2.00 e. The Morgan fingerprint density at radius 2 is 0.600 bits per heavy atom. The van der Waals surface area contributed by atoms with Gasteiger partial charge in [-0.05, 0) is 0 Å². The second kappa shape index (κ2) is 39.1. The zero-order valence-corrected chi connectivity index (χ0v) is 5.89. The molecule has 0 saturated heterocycles. The van der Waals surface area contributed by atoms with E-state index in [0.717, 1.165) is 0 Å². The normalized spacial score (nSPS) is 0. The minimum atomic E-state index is 0. The van der Waals surface area contributed by atoms with Gasteiger partial charge in [0.2, 0.25) is 0 Å². The number of halogens is 3. The van der Waals surface area contributed by atoms with Gasteiger partial charge in [0.1, 0.15) is 0 Å². The van der Waals surface area contributed by atoms with E-state index in [1.807, 2.05) is 0 Å². The third kappa shape index (κ3) is 24.8. The van der Waals surface area contributed by atoms with Crippen molar-refractivity contribution >= 4 is 0 Å². The van der Waals surface area contributed by atoms with Crippen molar-refractivity contribution in [2.45, 2.75) is 0 Å². The van der Waals surface area contributed by atoms with Crippen LogP contribution in [0.15, 0.2) is 0 Å². The van der Waals surface area contributed by atoms with E-state index in [9.17, 15) is 0 Å². The van der Waals surface area contributed by atoms with Gasteiger partial charge in [0.25, 0.3) is 0 Å². The molecule has 0 aromatic rings. The summed E-state index contributed by atoms with van der Waals surface area (Å²) in [4.78, 5) is 0. The third-order valence-electron chi connectivity index (χ3n) is 0. The molecule has 43 valence electrons. The maximum Gasteiger partial charge on any atom is 2.00 e. The van der Waals surface area contributed by atoms with Crippen molar-refractivity contribution in [3.05, 3.63) is 0 Å². The Kier molecular flexibility index (Phi) is 517. The van der Waals surface area contributed by atoms with E-state index < -0.39 is 0 Å². The number of hydrogen-bond acceptors (Lipinski definition) is 0. The molecular formula is Cl3Cu2. The number of rotatable bonds is 0. The monoisotopic (exact) mass is 231 g/mol. The van der Waals surface area contributed by atoms with Gasteiger partial charge >= 0.3 is 34.1 Å². The zero-order chi connectivity index (χ0) is 0. The average Bonchev–Trinajstić information content (AvgIpc) is 0. The van der Waals surface area contributed by atoms with Crippen LogP contribution in [0.5, 0.6) is 0 Å². The zero-order valence-electron chi connectivity index (χ0n) is 1.74. The van der Waals surface area contributed by atoms with E-state index in [0.29, 0.717) is 0 Å². The van der Waals surface area contributed by atoms with Crippen LogP contribution in [0.3, 0.4) is 0 Å². The van der Waals surface area contributed by atoms with Crippen LogP contribution >= 0.6 is 0 Å². The summed E-state index contributed by atoms with van der Waals surface area (Å²) < 4.78 is 0. The van der Waals surface area contributed by atoms with Gasteiger partial charge in [-0.3, -0.25) is 0 Å². The second-order valence-electron chi connectivity index (χ2n) is 0. The van der Waals surface area contributed by atoms with Gasteiger partial charge in [0, 0.05) is 0 Å². The summed E-state index contributed by atoms with van der Waals surface area (Å²) in [7, 11) is 0. The predicted octanol–water partition coefficient (Wildman–Crippen LogP) is -8.99. The van der Waals surface area contributed by atoms with Crippen molar-refractivity contribution in [2.75, 3.05) is 0 Å². The molecule has 0 amide bonds. The fourth-order valence-electron chi connectivity index (χ4n) is 0. The molecule has 1 radical (unpaired) electrons. The molecule has 0 aromatic heterocycles. The summed E-state index contributed by atoms with van der Waals surface area (Å²) in [6, 6.07) is 0. The minimum absolute atomic E-state index is 0. The van der Waals surface area contributed by atoms with E-state index in [-0.39, 0.29) is 71.4 Å². The van der Waals surface area contributed by atoms with Gasteiger partial charge in [0.15, 0.2) is 0 Å². The average molecular weight is 233 g/mol. The molecule has 0 bridgehead atoms. The van der Waals surface area contributed by atoms with Crippen LogP contribution in [0.25, 0.3) is 0 Å². The molecule has 0 unspecified atom stereocenters. The Labute approximate surface area is 71.0 Å². The van der Waals surface area contributed by atoms with Crippen LogP contribution in [-0.4, -0.2) is 0 Å². The van der Waals surface area contributed by atoms with Crippen LogP contribution in [0, 0.1) is 0 Å². The molecule has 0 N–H and O–H groups in total. The van der Waals surface area contributed by atoms with Gasteiger partial charge in [-0.2, -0.15) is 0 Å². The number of hydrogen-bond donors (Lipinski definition) is 0. The topological polar surface area (TPSA) is 0 Å². The SMILES string of the molecule is [Cl-].[Cl-].[Cl-].[Cu+2].[Cu+]. The van der Waals surface area contributed by atoms with Gasteiger partial charge < -0.3 is 37.2 Å². The first-order valence-electron chi connectivity index (χ1n) is 0. The molecule has 0 nitrogen and oxygen atoms in total. The van der Waals surface area contributed by atoms with Crippen LogP contribution in [0.1, 0.15) is 0 Å². The summed E-state index contributed by atoms with van der Waals surface area (Å²) >= 11 is 0. The molecule has 0 saturated carbocycles. The first-order chi connectivity index (χ1) is 0. The molecule has 0 heterocycles. The van der Waals surface area contributed by atoms with Crippen molar-refractivity contribution in [3.8, 4) is 0 Å². The van der Waals surface area contributed by atoms with Crippen molar-refractivity contribution in [1.29, 1.82) is 0 Å². The quantitative estimate of drug-likeness (QED) is 0.365. The Hall–Kier alpha value is 1.91. The first kappa shape index (κ1) is 66.2. The molecule has 0 rings (SSSR count). The summed E-state index contributed by atoms with van der Waals surface area (Å²) in [6.07, 6.45) is 0. The summed E-state index contributed by atoms with van der Waals surface area (Å²) in [5, 5.41) is 0. The molecule has 0 aromatic carbocycles. The Bertz CT molecular complexity index is 4.85. The van der Waals surface area contributed by atoms with E-state index in [1.54, 1.807) is 0 Å². The Morgan fingerprint density at radius 3 is 0.600 bits per heavy atom. The van der Waals surface area contributed by atoms with Crippen LogP contribution in [0.4, 0.5) is 0 Å². The summed E-state index contributed by atoms with van der Waals surface area (Å²) in [5.41, 5.74) is 0. The fourth-order valence-corrected chi connectivity index (χ4v) is 0. The van der Waals surface area contributed by atoms with Crippen molar-refractivity contribution in [3.63, 3.8) is 0 Å². The Balaban J connectivity index is 0. The standard InChI is InChI=1S/3ClH.2Cu/h3*1H;;/q;;;+1;+2/p-3. The van der Waals surface area contributed by atoms with E-state index in [2.05, 4.69) is 0 Å². The smallest absolute Gasteiger partial charge is 1.00 e. The van der Waals surface area contributed by atoms with Crippen LogP contribution < -0.4 is 37.2 Å². The van der Waals surface area contributed by atoms with E-state index in [1.165, 1.54) is 0 Å². The van der Waals surface area contributed by atoms with Crippen molar-refractivity contribution < 1.29 is 71.4 Å². The molecule has 0 spiro atoms. The molecule has 0 atom stereocenters.